The molecule has 0 radical (unpaired) electrons. The summed E-state index contributed by atoms with van der Waals surface area (Å²) in [4.78, 5) is 36.9. The normalized spacial score (nSPS) is 11.8. The molecule has 1 aliphatic rings. The lowest BCUT2D eigenvalue weighted by molar-refractivity contribution is 0.0506. The molecule has 2 heterocycles. The van der Waals surface area contributed by atoms with Gasteiger partial charge in [-0.05, 0) is 32.0 Å². The molecule has 0 bridgehead atoms. The number of amides is 1. The number of carbonyl (C=O) groups excluding carboxylic acids is 3. The van der Waals surface area contributed by atoms with Gasteiger partial charge in [-0.25, -0.2) is 9.59 Å². The Hall–Kier alpha value is -3.49. The summed E-state index contributed by atoms with van der Waals surface area (Å²) in [5.74, 6) is -1.28. The summed E-state index contributed by atoms with van der Waals surface area (Å²) >= 11 is 0. The molecule has 1 aliphatic heterocycles. The first-order chi connectivity index (χ1) is 13.0. The van der Waals surface area contributed by atoms with E-state index < -0.39 is 17.8 Å². The molecule has 3 rings (SSSR count). The van der Waals surface area contributed by atoms with Crippen LogP contribution in [-0.2, 0) is 9.47 Å². The fraction of sp³-hybridized carbons (Fsp3) is 0.278. The molecule has 0 unspecified atom stereocenters. The topological polar surface area (TPSA) is 113 Å². The lowest BCUT2D eigenvalue weighted by Crippen LogP contribution is -2.17. The summed E-state index contributed by atoms with van der Waals surface area (Å²) in [5, 5.41) is 2.49. The van der Waals surface area contributed by atoms with E-state index in [0.717, 1.165) is 0 Å². The third-order valence-corrected chi connectivity index (χ3v) is 3.82. The molecule has 9 heteroatoms. The third kappa shape index (κ3) is 3.43. The van der Waals surface area contributed by atoms with Crippen molar-refractivity contribution in [2.24, 2.45) is 0 Å². The van der Waals surface area contributed by atoms with E-state index >= 15 is 0 Å². The van der Waals surface area contributed by atoms with E-state index in [1.165, 1.54) is 26.2 Å². The second kappa shape index (κ2) is 7.40. The van der Waals surface area contributed by atoms with Crippen molar-refractivity contribution in [2.75, 3.05) is 25.8 Å². The van der Waals surface area contributed by atoms with E-state index in [-0.39, 0.29) is 41.7 Å². The van der Waals surface area contributed by atoms with Gasteiger partial charge in [0.2, 0.25) is 12.7 Å². The van der Waals surface area contributed by atoms with Crippen LogP contribution in [0.2, 0.25) is 0 Å². The maximum atomic E-state index is 12.6. The summed E-state index contributed by atoms with van der Waals surface area (Å²) in [6, 6.07) is 4.62. The number of methoxy groups -OCH3 is 1. The predicted molar refractivity (Wildman–Crippen MR) is 91.3 cm³/mol. The Balaban J connectivity index is 1.95. The Bertz CT molecular complexity index is 914. The zero-order chi connectivity index (χ0) is 19.6. The molecular formula is C18H17NO8. The zero-order valence-corrected chi connectivity index (χ0v) is 14.9. The number of esters is 2. The second-order valence-corrected chi connectivity index (χ2v) is 5.47. The summed E-state index contributed by atoms with van der Waals surface area (Å²) < 4.78 is 25.5. The number of anilines is 1. The molecule has 0 fully saturated rings. The number of fused-ring (bicyclic) bond motifs is 1. The molecule has 0 saturated carbocycles. The molecule has 27 heavy (non-hydrogen) atoms. The Kier molecular flexibility index (Phi) is 5.02. The second-order valence-electron chi connectivity index (χ2n) is 5.47. The van der Waals surface area contributed by atoms with Crippen LogP contribution in [-0.4, -0.2) is 38.4 Å². The first kappa shape index (κ1) is 18.3. The number of ether oxygens (including phenoxy) is 4. The Morgan fingerprint density at radius 1 is 1.11 bits per heavy atom. The lowest BCUT2D eigenvalue weighted by atomic mass is 10.1. The van der Waals surface area contributed by atoms with Gasteiger partial charge in [-0.1, -0.05) is 0 Å². The van der Waals surface area contributed by atoms with Gasteiger partial charge in [0.1, 0.15) is 16.9 Å². The Morgan fingerprint density at radius 3 is 2.56 bits per heavy atom. The molecule has 0 atom stereocenters. The highest BCUT2D eigenvalue weighted by Gasteiger charge is 2.31. The molecule has 0 spiro atoms. The minimum absolute atomic E-state index is 0.0767. The van der Waals surface area contributed by atoms with Crippen LogP contribution >= 0.6 is 0 Å². The Labute approximate surface area is 154 Å². The summed E-state index contributed by atoms with van der Waals surface area (Å²) in [6.45, 7) is 3.26. The van der Waals surface area contributed by atoms with Crippen molar-refractivity contribution >= 4 is 23.7 Å². The van der Waals surface area contributed by atoms with E-state index in [2.05, 4.69) is 10.1 Å². The fourth-order valence-electron chi connectivity index (χ4n) is 2.59. The van der Waals surface area contributed by atoms with Gasteiger partial charge >= 0.3 is 11.9 Å². The van der Waals surface area contributed by atoms with Gasteiger partial charge in [0, 0.05) is 5.56 Å². The van der Waals surface area contributed by atoms with E-state index in [1.54, 1.807) is 13.0 Å². The quantitative estimate of drug-likeness (QED) is 0.793. The van der Waals surface area contributed by atoms with Gasteiger partial charge in [0.05, 0.1) is 13.7 Å². The van der Waals surface area contributed by atoms with Gasteiger partial charge in [0.25, 0.3) is 5.91 Å². The number of rotatable bonds is 5. The van der Waals surface area contributed by atoms with Gasteiger partial charge in [0.15, 0.2) is 11.5 Å². The molecule has 2 aromatic rings. The first-order valence-electron chi connectivity index (χ1n) is 8.06. The predicted octanol–water partition coefficient (Wildman–Crippen LogP) is 2.53. The molecule has 0 aliphatic carbocycles. The molecule has 1 aromatic heterocycles. The van der Waals surface area contributed by atoms with E-state index in [1.807, 2.05) is 0 Å². The average Bonchev–Trinajstić information content (AvgIpc) is 3.24. The molecule has 1 aromatic carbocycles. The zero-order valence-electron chi connectivity index (χ0n) is 14.9. The van der Waals surface area contributed by atoms with Crippen molar-refractivity contribution in [1.82, 2.24) is 0 Å². The van der Waals surface area contributed by atoms with Crippen LogP contribution < -0.4 is 14.8 Å². The molecular weight excluding hydrogens is 358 g/mol. The smallest absolute Gasteiger partial charge is 0.344 e. The van der Waals surface area contributed by atoms with Crippen molar-refractivity contribution in [3.05, 3.63) is 40.6 Å². The molecule has 142 valence electrons. The van der Waals surface area contributed by atoms with Crippen LogP contribution in [0.5, 0.6) is 11.5 Å². The van der Waals surface area contributed by atoms with E-state index in [9.17, 15) is 14.4 Å². The molecule has 9 nitrogen and oxygen atoms in total. The number of hydrogen-bond acceptors (Lipinski definition) is 8. The number of carbonyl (C=O) groups is 3. The number of nitrogens with one attached hydrogen (secondary N) is 1. The third-order valence-electron chi connectivity index (χ3n) is 3.82. The van der Waals surface area contributed by atoms with E-state index in [0.29, 0.717) is 11.5 Å². The SMILES string of the molecule is CCOC(=O)c1c(NC(=O)c2ccc3c(c2)OCO3)oc(C)c1C(=O)OC. The highest BCUT2D eigenvalue weighted by Crippen LogP contribution is 2.33. The number of benzene rings is 1. The van der Waals surface area contributed by atoms with Crippen LogP contribution in [0, 0.1) is 6.92 Å². The van der Waals surface area contributed by atoms with Crippen molar-refractivity contribution in [3.63, 3.8) is 0 Å². The molecule has 0 saturated heterocycles. The van der Waals surface area contributed by atoms with Gasteiger partial charge in [-0.2, -0.15) is 0 Å². The van der Waals surface area contributed by atoms with Crippen molar-refractivity contribution in [1.29, 1.82) is 0 Å². The lowest BCUT2D eigenvalue weighted by Gasteiger charge is -2.07. The minimum Gasteiger partial charge on any atom is -0.465 e. The average molecular weight is 375 g/mol. The molecule has 1 N–H and O–H groups in total. The van der Waals surface area contributed by atoms with Crippen molar-refractivity contribution in [2.45, 2.75) is 13.8 Å². The largest absolute Gasteiger partial charge is 0.465 e. The van der Waals surface area contributed by atoms with Crippen LogP contribution in [0.3, 0.4) is 0 Å². The van der Waals surface area contributed by atoms with Gasteiger partial charge in [-0.3, -0.25) is 10.1 Å². The van der Waals surface area contributed by atoms with Crippen molar-refractivity contribution < 1.29 is 37.7 Å². The highest BCUT2D eigenvalue weighted by atomic mass is 16.7. The fourth-order valence-corrected chi connectivity index (χ4v) is 2.59. The van der Waals surface area contributed by atoms with Crippen LogP contribution in [0.15, 0.2) is 22.6 Å². The number of aryl methyl sites for hydroxylation is 1. The van der Waals surface area contributed by atoms with Gasteiger partial charge < -0.3 is 23.4 Å². The van der Waals surface area contributed by atoms with E-state index in [4.69, 9.17) is 18.6 Å². The molecule has 1 amide bonds. The highest BCUT2D eigenvalue weighted by molar-refractivity contribution is 6.11. The summed E-state index contributed by atoms with van der Waals surface area (Å²) in [6.07, 6.45) is 0. The van der Waals surface area contributed by atoms with Crippen LogP contribution in [0.1, 0.15) is 43.8 Å². The van der Waals surface area contributed by atoms with Crippen LogP contribution in [0.4, 0.5) is 5.88 Å². The minimum atomic E-state index is -0.810. The number of hydrogen-bond donors (Lipinski definition) is 1. The monoisotopic (exact) mass is 375 g/mol. The van der Waals surface area contributed by atoms with Crippen LogP contribution in [0.25, 0.3) is 0 Å². The first-order valence-corrected chi connectivity index (χ1v) is 8.06. The Morgan fingerprint density at radius 2 is 1.85 bits per heavy atom. The van der Waals surface area contributed by atoms with Crippen molar-refractivity contribution in [3.8, 4) is 11.5 Å². The standard InChI is InChI=1S/C18H17NO8/c1-4-24-18(22)14-13(17(21)23-3)9(2)27-16(14)19-15(20)10-5-6-11-12(7-10)26-8-25-11/h5-7H,4,8H2,1-3H3,(H,19,20). The maximum Gasteiger partial charge on any atom is 0.344 e. The summed E-state index contributed by atoms with van der Waals surface area (Å²) in [7, 11) is 1.18. The summed E-state index contributed by atoms with van der Waals surface area (Å²) in [5.41, 5.74) is -0.0463. The number of furan rings is 1. The van der Waals surface area contributed by atoms with Gasteiger partial charge in [-0.15, -0.1) is 0 Å². The maximum absolute atomic E-state index is 12.6.